The number of aromatic nitrogens is 4. The van der Waals surface area contributed by atoms with E-state index in [-0.39, 0.29) is 12.3 Å². The van der Waals surface area contributed by atoms with Gasteiger partial charge in [0.15, 0.2) is 0 Å². The number of hydrogen-bond donors (Lipinski definition) is 0. The van der Waals surface area contributed by atoms with E-state index < -0.39 is 0 Å². The molecule has 9 heteroatoms. The Morgan fingerprint density at radius 2 is 1.87 bits per heavy atom. The van der Waals surface area contributed by atoms with Gasteiger partial charge in [-0.15, -0.1) is 0 Å². The molecule has 0 saturated heterocycles. The van der Waals surface area contributed by atoms with Crippen LogP contribution in [0.15, 0.2) is 40.3 Å². The Hall–Kier alpha value is -3.62. The smallest absolute Gasteiger partial charge is 0.368 e. The van der Waals surface area contributed by atoms with Gasteiger partial charge in [0.1, 0.15) is 25.2 Å². The Balaban J connectivity index is 1.96. The van der Waals surface area contributed by atoms with E-state index in [9.17, 15) is 4.79 Å². The van der Waals surface area contributed by atoms with Crippen LogP contribution in [-0.4, -0.2) is 39.7 Å². The summed E-state index contributed by atoms with van der Waals surface area (Å²) >= 11 is 0. The van der Waals surface area contributed by atoms with Gasteiger partial charge in [-0.1, -0.05) is 11.2 Å². The zero-order valence-electron chi connectivity index (χ0n) is 18.0. The Bertz CT molecular complexity index is 1150. The lowest BCUT2D eigenvalue weighted by Gasteiger charge is -2.16. The SMILES string of the molecule is CON=C(C)c1cc(C)c(OCc2c(OC)cccc2-n2nnn(C)c2=O)cc1C. The molecule has 1 aromatic heterocycles. The minimum atomic E-state index is -0.353. The van der Waals surface area contributed by atoms with Crippen LogP contribution < -0.4 is 15.2 Å². The maximum atomic E-state index is 12.3. The lowest BCUT2D eigenvalue weighted by atomic mass is 10.0. The number of methoxy groups -OCH3 is 1. The minimum absolute atomic E-state index is 0.188. The van der Waals surface area contributed by atoms with Crippen molar-refractivity contribution in [3.05, 3.63) is 63.1 Å². The van der Waals surface area contributed by atoms with Crippen LogP contribution in [0.5, 0.6) is 11.5 Å². The molecule has 0 amide bonds. The average Bonchev–Trinajstić information content (AvgIpc) is 3.06. The van der Waals surface area contributed by atoms with Gasteiger partial charge in [-0.3, -0.25) is 0 Å². The van der Waals surface area contributed by atoms with Crippen molar-refractivity contribution in [3.63, 3.8) is 0 Å². The Morgan fingerprint density at radius 1 is 1.10 bits per heavy atom. The molecule has 3 rings (SSSR count). The summed E-state index contributed by atoms with van der Waals surface area (Å²) in [5.74, 6) is 1.32. The molecule has 0 N–H and O–H groups in total. The second-order valence-electron chi connectivity index (χ2n) is 6.84. The predicted molar refractivity (Wildman–Crippen MR) is 113 cm³/mol. The Labute approximate surface area is 174 Å². The zero-order chi connectivity index (χ0) is 21.8. The number of hydrogen-bond acceptors (Lipinski definition) is 7. The van der Waals surface area contributed by atoms with Crippen LogP contribution in [0.4, 0.5) is 0 Å². The monoisotopic (exact) mass is 411 g/mol. The zero-order valence-corrected chi connectivity index (χ0v) is 18.0. The summed E-state index contributed by atoms with van der Waals surface area (Å²) in [5.41, 5.74) is 4.65. The lowest BCUT2D eigenvalue weighted by molar-refractivity contribution is 0.213. The molecule has 1 heterocycles. The average molecular weight is 411 g/mol. The van der Waals surface area contributed by atoms with Gasteiger partial charge < -0.3 is 14.3 Å². The van der Waals surface area contributed by atoms with E-state index in [2.05, 4.69) is 15.6 Å². The molecule has 0 unspecified atom stereocenters. The van der Waals surface area contributed by atoms with Crippen LogP contribution in [0.1, 0.15) is 29.2 Å². The summed E-state index contributed by atoms with van der Waals surface area (Å²) in [6.45, 7) is 6.04. The van der Waals surface area contributed by atoms with Crippen LogP contribution in [0.3, 0.4) is 0 Å². The normalized spacial score (nSPS) is 11.5. The van der Waals surface area contributed by atoms with Crippen LogP contribution in [0, 0.1) is 13.8 Å². The van der Waals surface area contributed by atoms with Gasteiger partial charge in [-0.25, -0.2) is 4.79 Å². The number of nitrogens with zero attached hydrogens (tertiary/aromatic N) is 5. The number of ether oxygens (including phenoxy) is 2. The summed E-state index contributed by atoms with van der Waals surface area (Å²) in [6.07, 6.45) is 0. The first-order valence-electron chi connectivity index (χ1n) is 9.34. The molecule has 0 aliphatic rings. The minimum Gasteiger partial charge on any atom is -0.496 e. The molecule has 9 nitrogen and oxygen atoms in total. The first-order valence-corrected chi connectivity index (χ1v) is 9.34. The Kier molecular flexibility index (Phi) is 6.20. The summed E-state index contributed by atoms with van der Waals surface area (Å²) < 4.78 is 14.0. The highest BCUT2D eigenvalue weighted by Gasteiger charge is 2.17. The molecule has 0 bridgehead atoms. The van der Waals surface area contributed by atoms with E-state index in [0.29, 0.717) is 17.0 Å². The molecule has 30 heavy (non-hydrogen) atoms. The summed E-state index contributed by atoms with van der Waals surface area (Å²) in [4.78, 5) is 17.2. The lowest BCUT2D eigenvalue weighted by Crippen LogP contribution is -2.23. The highest BCUT2D eigenvalue weighted by Crippen LogP contribution is 2.29. The number of aryl methyl sites for hydroxylation is 3. The summed E-state index contributed by atoms with van der Waals surface area (Å²) in [6, 6.07) is 9.36. The highest BCUT2D eigenvalue weighted by molar-refractivity contribution is 6.00. The topological polar surface area (TPSA) is 92.8 Å². The molecule has 0 radical (unpaired) electrons. The molecule has 0 spiro atoms. The van der Waals surface area contributed by atoms with Crippen molar-refractivity contribution in [3.8, 4) is 17.2 Å². The fourth-order valence-corrected chi connectivity index (χ4v) is 3.22. The molecular weight excluding hydrogens is 386 g/mol. The van der Waals surface area contributed by atoms with Crippen LogP contribution in [-0.2, 0) is 18.5 Å². The number of benzene rings is 2. The quantitative estimate of drug-likeness (QED) is 0.438. The summed E-state index contributed by atoms with van der Waals surface area (Å²) in [5, 5.41) is 11.7. The second-order valence-corrected chi connectivity index (χ2v) is 6.84. The second kappa shape index (κ2) is 8.81. The van der Waals surface area contributed by atoms with Gasteiger partial charge >= 0.3 is 5.69 Å². The highest BCUT2D eigenvalue weighted by atomic mass is 16.6. The van der Waals surface area contributed by atoms with Gasteiger partial charge in [0, 0.05) is 12.6 Å². The first kappa shape index (κ1) is 21.1. The van der Waals surface area contributed by atoms with Crippen LogP contribution >= 0.6 is 0 Å². The Morgan fingerprint density at radius 3 is 2.50 bits per heavy atom. The van der Waals surface area contributed by atoms with Gasteiger partial charge in [0.2, 0.25) is 0 Å². The maximum absolute atomic E-state index is 12.3. The van der Waals surface area contributed by atoms with Crippen molar-refractivity contribution in [1.29, 1.82) is 0 Å². The molecular formula is C21H25N5O4. The van der Waals surface area contributed by atoms with Crippen LogP contribution in [0.25, 0.3) is 5.69 Å². The van der Waals surface area contributed by atoms with Gasteiger partial charge in [-0.2, -0.15) is 9.36 Å². The van der Waals surface area contributed by atoms with Gasteiger partial charge in [0.25, 0.3) is 0 Å². The van der Waals surface area contributed by atoms with Crippen molar-refractivity contribution >= 4 is 5.71 Å². The van der Waals surface area contributed by atoms with Crippen molar-refractivity contribution in [1.82, 2.24) is 19.8 Å². The molecule has 0 atom stereocenters. The third-order valence-corrected chi connectivity index (χ3v) is 4.79. The molecule has 2 aromatic carbocycles. The van der Waals surface area contributed by atoms with E-state index in [4.69, 9.17) is 14.3 Å². The largest absolute Gasteiger partial charge is 0.496 e. The van der Waals surface area contributed by atoms with Crippen molar-refractivity contribution < 1.29 is 14.3 Å². The number of oxime groups is 1. The molecule has 0 aliphatic heterocycles. The fraction of sp³-hybridized carbons (Fsp3) is 0.333. The van der Waals surface area contributed by atoms with E-state index in [0.717, 1.165) is 28.2 Å². The number of rotatable bonds is 7. The molecule has 0 saturated carbocycles. The van der Waals surface area contributed by atoms with Crippen molar-refractivity contribution in [2.75, 3.05) is 14.2 Å². The molecule has 158 valence electrons. The van der Waals surface area contributed by atoms with Gasteiger partial charge in [0.05, 0.1) is 24.1 Å². The van der Waals surface area contributed by atoms with E-state index >= 15 is 0 Å². The number of tetrazole rings is 1. The van der Waals surface area contributed by atoms with Crippen LogP contribution in [0.2, 0.25) is 0 Å². The van der Waals surface area contributed by atoms with E-state index in [1.165, 1.54) is 16.5 Å². The summed E-state index contributed by atoms with van der Waals surface area (Å²) in [7, 11) is 4.64. The van der Waals surface area contributed by atoms with E-state index in [1.54, 1.807) is 26.3 Å². The fourth-order valence-electron chi connectivity index (χ4n) is 3.22. The van der Waals surface area contributed by atoms with Gasteiger partial charge in [-0.05, 0) is 66.6 Å². The molecule has 3 aromatic rings. The third kappa shape index (κ3) is 4.05. The molecule has 0 fully saturated rings. The first-order chi connectivity index (χ1) is 14.4. The standard InChI is InChI=1S/C21H25N5O4/c1-13-11-20(14(2)10-16(13)15(3)22-29-6)30-12-17-18(8-7-9-19(17)28-5)26-21(27)25(4)23-24-26/h7-11H,12H2,1-6H3. The third-order valence-electron chi connectivity index (χ3n) is 4.79. The maximum Gasteiger partial charge on any atom is 0.368 e. The van der Waals surface area contributed by atoms with E-state index in [1.807, 2.05) is 39.0 Å². The predicted octanol–water partition coefficient (Wildman–Crippen LogP) is 2.54. The van der Waals surface area contributed by atoms with Crippen molar-refractivity contribution in [2.45, 2.75) is 27.4 Å². The molecule has 0 aliphatic carbocycles. The van der Waals surface area contributed by atoms with Crippen molar-refractivity contribution in [2.24, 2.45) is 12.2 Å².